The van der Waals surface area contributed by atoms with Crippen molar-refractivity contribution in [1.82, 2.24) is 0 Å². The van der Waals surface area contributed by atoms with Crippen LogP contribution in [0.1, 0.15) is 59.8 Å². The van der Waals surface area contributed by atoms with E-state index >= 15 is 0 Å². The summed E-state index contributed by atoms with van der Waals surface area (Å²) in [5.74, 6) is 2.63. The lowest BCUT2D eigenvalue weighted by atomic mass is 9.54. The Bertz CT molecular complexity index is 313. The van der Waals surface area contributed by atoms with E-state index in [1.165, 1.54) is 37.7 Å². The molecule has 0 aromatic carbocycles. The second kappa shape index (κ2) is 4.76. The molecule has 2 rings (SSSR count). The van der Waals surface area contributed by atoms with Gasteiger partial charge >= 0.3 is 0 Å². The Morgan fingerprint density at radius 1 is 1.29 bits per heavy atom. The fraction of sp³-hybridized carbons (Fsp3) is 0.875. The van der Waals surface area contributed by atoms with Gasteiger partial charge in [0.05, 0.1) is 6.61 Å². The van der Waals surface area contributed by atoms with Gasteiger partial charge in [-0.25, -0.2) is 0 Å². The fourth-order valence-electron chi connectivity index (χ4n) is 4.01. The van der Waals surface area contributed by atoms with E-state index in [0.29, 0.717) is 5.41 Å². The van der Waals surface area contributed by atoms with Crippen molar-refractivity contribution in [3.05, 3.63) is 11.1 Å². The molecule has 1 nitrogen and oxygen atoms in total. The van der Waals surface area contributed by atoms with Crippen LogP contribution in [0.5, 0.6) is 0 Å². The molecular formula is C16H28O. The molecule has 0 bridgehead atoms. The van der Waals surface area contributed by atoms with Crippen molar-refractivity contribution in [2.75, 3.05) is 6.61 Å². The van der Waals surface area contributed by atoms with Gasteiger partial charge in [-0.15, -0.1) is 0 Å². The lowest BCUT2D eigenvalue weighted by Gasteiger charge is -2.51. The molecule has 0 aromatic heterocycles. The third kappa shape index (κ3) is 2.31. The first kappa shape index (κ1) is 13.1. The van der Waals surface area contributed by atoms with Crippen LogP contribution in [0.2, 0.25) is 0 Å². The average molecular weight is 236 g/mol. The molecule has 3 atom stereocenters. The molecule has 98 valence electrons. The number of fused-ring (bicyclic) bond motifs is 1. The summed E-state index contributed by atoms with van der Waals surface area (Å²) >= 11 is 0. The van der Waals surface area contributed by atoms with Crippen LogP contribution in [0.15, 0.2) is 11.1 Å². The molecule has 0 unspecified atom stereocenters. The molecule has 2 saturated carbocycles. The van der Waals surface area contributed by atoms with Gasteiger partial charge in [-0.3, -0.25) is 0 Å². The van der Waals surface area contributed by atoms with E-state index in [-0.39, 0.29) is 6.61 Å². The predicted molar refractivity (Wildman–Crippen MR) is 72.8 cm³/mol. The number of rotatable bonds is 1. The van der Waals surface area contributed by atoms with Gasteiger partial charge in [0.1, 0.15) is 0 Å². The SMILES string of the molecule is C/C(CO)=C1\CC[C@@H]2CC[C@@H](C)C(C)(C)[C@H]2C1. The summed E-state index contributed by atoms with van der Waals surface area (Å²) in [4.78, 5) is 0. The van der Waals surface area contributed by atoms with E-state index in [2.05, 4.69) is 27.7 Å². The number of hydrogen-bond donors (Lipinski definition) is 1. The van der Waals surface area contributed by atoms with Crippen LogP contribution in [-0.2, 0) is 0 Å². The van der Waals surface area contributed by atoms with Gasteiger partial charge in [0.15, 0.2) is 0 Å². The second-order valence-electron chi connectivity index (χ2n) is 6.95. The molecule has 0 aliphatic heterocycles. The van der Waals surface area contributed by atoms with Gasteiger partial charge in [0.25, 0.3) is 0 Å². The minimum absolute atomic E-state index is 0.253. The van der Waals surface area contributed by atoms with E-state index in [0.717, 1.165) is 17.8 Å². The molecular weight excluding hydrogens is 208 g/mol. The predicted octanol–water partition coefficient (Wildman–Crippen LogP) is 4.17. The highest BCUT2D eigenvalue weighted by Crippen LogP contribution is 2.54. The highest BCUT2D eigenvalue weighted by molar-refractivity contribution is 5.17. The van der Waals surface area contributed by atoms with Crippen molar-refractivity contribution in [2.45, 2.75) is 59.8 Å². The highest BCUT2D eigenvalue weighted by Gasteiger charge is 2.44. The fourth-order valence-corrected chi connectivity index (χ4v) is 4.01. The number of aliphatic hydroxyl groups is 1. The van der Waals surface area contributed by atoms with E-state index in [9.17, 15) is 5.11 Å². The Morgan fingerprint density at radius 2 is 2.00 bits per heavy atom. The lowest BCUT2D eigenvalue weighted by Crippen LogP contribution is -2.42. The van der Waals surface area contributed by atoms with Gasteiger partial charge < -0.3 is 5.11 Å². The summed E-state index contributed by atoms with van der Waals surface area (Å²) in [6, 6.07) is 0. The first-order valence-electron chi connectivity index (χ1n) is 7.25. The Hall–Kier alpha value is -0.300. The van der Waals surface area contributed by atoms with Crippen LogP contribution in [0.3, 0.4) is 0 Å². The van der Waals surface area contributed by atoms with E-state index in [1.807, 2.05) is 0 Å². The van der Waals surface area contributed by atoms with Crippen LogP contribution in [-0.4, -0.2) is 11.7 Å². The molecule has 0 spiro atoms. The Balaban J connectivity index is 2.20. The minimum Gasteiger partial charge on any atom is -0.392 e. The molecule has 1 heteroatoms. The summed E-state index contributed by atoms with van der Waals surface area (Å²) in [7, 11) is 0. The molecule has 0 saturated heterocycles. The third-order valence-electron chi connectivity index (χ3n) is 5.89. The van der Waals surface area contributed by atoms with Gasteiger partial charge in [-0.05, 0) is 67.8 Å². The van der Waals surface area contributed by atoms with Crippen LogP contribution in [0, 0.1) is 23.2 Å². The normalized spacial score (nSPS) is 39.7. The topological polar surface area (TPSA) is 20.2 Å². The quantitative estimate of drug-likeness (QED) is 0.678. The summed E-state index contributed by atoms with van der Waals surface area (Å²) in [5.41, 5.74) is 3.26. The lowest BCUT2D eigenvalue weighted by molar-refractivity contribution is 0.00689. The minimum atomic E-state index is 0.253. The summed E-state index contributed by atoms with van der Waals surface area (Å²) in [6.07, 6.45) is 6.67. The van der Waals surface area contributed by atoms with Crippen LogP contribution < -0.4 is 0 Å². The van der Waals surface area contributed by atoms with Crippen LogP contribution in [0.25, 0.3) is 0 Å². The second-order valence-corrected chi connectivity index (χ2v) is 6.95. The molecule has 2 aliphatic carbocycles. The Morgan fingerprint density at radius 3 is 2.65 bits per heavy atom. The summed E-state index contributed by atoms with van der Waals surface area (Å²) in [6.45, 7) is 9.71. The van der Waals surface area contributed by atoms with Crippen molar-refractivity contribution in [3.8, 4) is 0 Å². The molecule has 0 radical (unpaired) electrons. The monoisotopic (exact) mass is 236 g/mol. The largest absolute Gasteiger partial charge is 0.392 e. The standard InChI is InChI=1S/C16H28O/c1-11(10-17)14-8-7-13-6-5-12(2)16(3,4)15(13)9-14/h12-13,15,17H,5-10H2,1-4H3/b14-11-/t12-,13+,15+/m1/s1. The van der Waals surface area contributed by atoms with Crippen LogP contribution in [0.4, 0.5) is 0 Å². The smallest absolute Gasteiger partial charge is 0.0641 e. The molecule has 0 heterocycles. The van der Waals surface area contributed by atoms with Crippen molar-refractivity contribution in [2.24, 2.45) is 23.2 Å². The van der Waals surface area contributed by atoms with Gasteiger partial charge in [-0.1, -0.05) is 26.3 Å². The van der Waals surface area contributed by atoms with Crippen molar-refractivity contribution in [3.63, 3.8) is 0 Å². The highest BCUT2D eigenvalue weighted by atomic mass is 16.3. The van der Waals surface area contributed by atoms with Gasteiger partial charge in [0, 0.05) is 0 Å². The summed E-state index contributed by atoms with van der Waals surface area (Å²) < 4.78 is 0. The summed E-state index contributed by atoms with van der Waals surface area (Å²) in [5, 5.41) is 9.31. The van der Waals surface area contributed by atoms with Gasteiger partial charge in [0.2, 0.25) is 0 Å². The zero-order valence-corrected chi connectivity index (χ0v) is 11.9. The maximum atomic E-state index is 9.31. The van der Waals surface area contributed by atoms with E-state index < -0.39 is 0 Å². The molecule has 0 aromatic rings. The Kier molecular flexibility index (Phi) is 3.68. The van der Waals surface area contributed by atoms with Crippen molar-refractivity contribution in [1.29, 1.82) is 0 Å². The number of allylic oxidation sites excluding steroid dienone is 1. The molecule has 2 fully saturated rings. The van der Waals surface area contributed by atoms with Crippen molar-refractivity contribution < 1.29 is 5.11 Å². The number of hydrogen-bond acceptors (Lipinski definition) is 1. The maximum Gasteiger partial charge on any atom is 0.0641 e. The average Bonchev–Trinajstić information content (AvgIpc) is 2.33. The zero-order valence-electron chi connectivity index (χ0n) is 11.9. The molecule has 17 heavy (non-hydrogen) atoms. The van der Waals surface area contributed by atoms with Crippen molar-refractivity contribution >= 4 is 0 Å². The molecule has 1 N–H and O–H groups in total. The first-order chi connectivity index (χ1) is 7.96. The first-order valence-corrected chi connectivity index (χ1v) is 7.25. The van der Waals surface area contributed by atoms with Crippen LogP contribution >= 0.6 is 0 Å². The molecule has 2 aliphatic rings. The number of aliphatic hydroxyl groups excluding tert-OH is 1. The Labute approximate surface area is 106 Å². The molecule has 0 amide bonds. The van der Waals surface area contributed by atoms with E-state index in [1.54, 1.807) is 5.57 Å². The maximum absolute atomic E-state index is 9.31. The van der Waals surface area contributed by atoms with E-state index in [4.69, 9.17) is 0 Å². The van der Waals surface area contributed by atoms with Gasteiger partial charge in [-0.2, -0.15) is 0 Å². The zero-order chi connectivity index (χ0) is 12.6. The third-order valence-corrected chi connectivity index (χ3v) is 5.89.